The summed E-state index contributed by atoms with van der Waals surface area (Å²) < 4.78 is 2.37. The second-order valence-corrected chi connectivity index (χ2v) is 6.11. The lowest BCUT2D eigenvalue weighted by atomic mass is 10.1. The smallest absolute Gasteiger partial charge is 0.0491 e. The fraction of sp³-hybridized carbons (Fsp3) is 0.217. The molecule has 0 saturated carbocycles. The lowest BCUT2D eigenvalue weighted by Gasteiger charge is -2.10. The molecule has 0 saturated heterocycles. The van der Waals surface area contributed by atoms with Gasteiger partial charge in [-0.3, -0.25) is 0 Å². The monoisotopic (exact) mass is 328 g/mol. The highest BCUT2D eigenvalue weighted by Gasteiger charge is 2.14. The maximum absolute atomic E-state index is 5.31. The zero-order valence-electron chi connectivity index (χ0n) is 14.5. The third-order valence-corrected chi connectivity index (χ3v) is 4.49. The minimum atomic E-state index is 0.768. The quantitative estimate of drug-likeness (QED) is 0.476. The van der Waals surface area contributed by atoms with Crippen molar-refractivity contribution >= 4 is 17.0 Å². The van der Waals surface area contributed by atoms with Gasteiger partial charge in [-0.15, -0.1) is 12.3 Å². The summed E-state index contributed by atoms with van der Waals surface area (Å²) in [5.41, 5.74) is 5.13. The fourth-order valence-corrected chi connectivity index (χ4v) is 3.33. The zero-order chi connectivity index (χ0) is 17.5. The van der Waals surface area contributed by atoms with E-state index in [0.29, 0.717) is 0 Å². The molecule has 1 aromatic heterocycles. The molecular weight excluding hydrogens is 304 g/mol. The van der Waals surface area contributed by atoms with Crippen LogP contribution in [0.4, 0.5) is 0 Å². The minimum Gasteiger partial charge on any atom is -0.336 e. The van der Waals surface area contributed by atoms with Gasteiger partial charge in [-0.1, -0.05) is 55.1 Å². The third-order valence-electron chi connectivity index (χ3n) is 4.49. The standard InChI is InChI=1S/C23H24N2/c1-3-5-16-24-17-15-21-20-13-9-10-14-23(20)25(22(21)4-2)18-19-11-7-6-8-12-19/h1,4,6-14,24H,2,5,15-18H2. The third kappa shape index (κ3) is 3.84. The zero-order valence-corrected chi connectivity index (χ0v) is 14.5. The molecule has 0 aliphatic carbocycles. The molecule has 0 spiro atoms. The lowest BCUT2D eigenvalue weighted by Crippen LogP contribution is -2.18. The van der Waals surface area contributed by atoms with E-state index >= 15 is 0 Å². The SMILES string of the molecule is C#CCCNCCc1c(C=C)n(Cc2ccccc2)c2ccccc12. The van der Waals surface area contributed by atoms with E-state index in [9.17, 15) is 0 Å². The summed E-state index contributed by atoms with van der Waals surface area (Å²) in [4.78, 5) is 0. The first kappa shape index (κ1) is 17.1. The number of terminal acetylenes is 1. The minimum absolute atomic E-state index is 0.768. The maximum Gasteiger partial charge on any atom is 0.0491 e. The van der Waals surface area contributed by atoms with Crippen LogP contribution in [0.5, 0.6) is 0 Å². The number of fused-ring (bicyclic) bond motifs is 1. The van der Waals surface area contributed by atoms with Crippen molar-refractivity contribution in [2.45, 2.75) is 19.4 Å². The average molecular weight is 328 g/mol. The summed E-state index contributed by atoms with van der Waals surface area (Å²) in [6.45, 7) is 6.72. The number of hydrogen-bond donors (Lipinski definition) is 1. The average Bonchev–Trinajstić information content (AvgIpc) is 2.95. The van der Waals surface area contributed by atoms with Gasteiger partial charge in [-0.05, 0) is 36.2 Å². The van der Waals surface area contributed by atoms with E-state index in [0.717, 1.165) is 32.5 Å². The molecule has 0 atom stereocenters. The molecule has 2 aromatic carbocycles. The van der Waals surface area contributed by atoms with E-state index in [2.05, 4.69) is 77.0 Å². The van der Waals surface area contributed by atoms with E-state index in [1.807, 2.05) is 6.08 Å². The predicted molar refractivity (Wildman–Crippen MR) is 108 cm³/mol. The summed E-state index contributed by atoms with van der Waals surface area (Å²) in [5.74, 6) is 2.67. The molecule has 0 fully saturated rings. The Balaban J connectivity index is 1.93. The van der Waals surface area contributed by atoms with Gasteiger partial charge in [0.15, 0.2) is 0 Å². The Morgan fingerprint density at radius 3 is 2.56 bits per heavy atom. The van der Waals surface area contributed by atoms with Crippen molar-refractivity contribution in [1.82, 2.24) is 9.88 Å². The second kappa shape index (κ2) is 8.37. The van der Waals surface area contributed by atoms with Gasteiger partial charge in [-0.25, -0.2) is 0 Å². The predicted octanol–water partition coefficient (Wildman–Crippen LogP) is 4.49. The highest BCUT2D eigenvalue weighted by molar-refractivity contribution is 5.88. The maximum atomic E-state index is 5.31. The molecule has 0 radical (unpaired) electrons. The van der Waals surface area contributed by atoms with Crippen molar-refractivity contribution in [1.29, 1.82) is 0 Å². The highest BCUT2D eigenvalue weighted by atomic mass is 15.0. The first-order valence-corrected chi connectivity index (χ1v) is 8.75. The van der Waals surface area contributed by atoms with Crippen LogP contribution in [0.25, 0.3) is 17.0 Å². The lowest BCUT2D eigenvalue weighted by molar-refractivity contribution is 0.693. The van der Waals surface area contributed by atoms with Crippen LogP contribution < -0.4 is 5.32 Å². The van der Waals surface area contributed by atoms with Crippen LogP contribution in [0.15, 0.2) is 61.2 Å². The molecule has 3 aromatic rings. The number of hydrogen-bond acceptors (Lipinski definition) is 1. The van der Waals surface area contributed by atoms with Crippen molar-refractivity contribution in [2.75, 3.05) is 13.1 Å². The number of benzene rings is 2. The molecule has 126 valence electrons. The van der Waals surface area contributed by atoms with Gasteiger partial charge in [0.25, 0.3) is 0 Å². The summed E-state index contributed by atoms with van der Waals surface area (Å²) >= 11 is 0. The van der Waals surface area contributed by atoms with Gasteiger partial charge < -0.3 is 9.88 Å². The van der Waals surface area contributed by atoms with Crippen molar-refractivity contribution < 1.29 is 0 Å². The van der Waals surface area contributed by atoms with Gasteiger partial charge in [0.05, 0.1) is 0 Å². The Morgan fingerprint density at radius 1 is 1.04 bits per heavy atom. The van der Waals surface area contributed by atoms with Crippen molar-refractivity contribution in [3.63, 3.8) is 0 Å². The molecule has 0 unspecified atom stereocenters. The van der Waals surface area contributed by atoms with Crippen LogP contribution >= 0.6 is 0 Å². The molecule has 0 bridgehead atoms. The second-order valence-electron chi connectivity index (χ2n) is 6.11. The topological polar surface area (TPSA) is 17.0 Å². The van der Waals surface area contributed by atoms with Gasteiger partial charge in [0.1, 0.15) is 0 Å². The van der Waals surface area contributed by atoms with Crippen molar-refractivity contribution in [3.8, 4) is 12.3 Å². The van der Waals surface area contributed by atoms with E-state index in [1.165, 1.54) is 27.7 Å². The molecule has 0 aliphatic heterocycles. The van der Waals surface area contributed by atoms with Crippen LogP contribution in [0.2, 0.25) is 0 Å². The first-order valence-electron chi connectivity index (χ1n) is 8.75. The summed E-state index contributed by atoms with van der Waals surface area (Å²) in [7, 11) is 0. The normalized spacial score (nSPS) is 10.7. The fourth-order valence-electron chi connectivity index (χ4n) is 3.33. The van der Waals surface area contributed by atoms with Gasteiger partial charge >= 0.3 is 0 Å². The van der Waals surface area contributed by atoms with Gasteiger partial charge in [0, 0.05) is 36.1 Å². The Hall–Kier alpha value is -2.76. The summed E-state index contributed by atoms with van der Waals surface area (Å²) in [5, 5.41) is 4.74. The largest absolute Gasteiger partial charge is 0.336 e. The Labute approximate surface area is 150 Å². The Morgan fingerprint density at radius 2 is 1.80 bits per heavy atom. The highest BCUT2D eigenvalue weighted by Crippen LogP contribution is 2.28. The van der Waals surface area contributed by atoms with Crippen LogP contribution in [-0.4, -0.2) is 17.7 Å². The van der Waals surface area contributed by atoms with E-state index in [-0.39, 0.29) is 0 Å². The van der Waals surface area contributed by atoms with Gasteiger partial charge in [-0.2, -0.15) is 0 Å². The Bertz CT molecular complexity index is 882. The van der Waals surface area contributed by atoms with Crippen LogP contribution in [0, 0.1) is 12.3 Å². The first-order chi connectivity index (χ1) is 12.3. The van der Waals surface area contributed by atoms with Crippen LogP contribution in [0.3, 0.4) is 0 Å². The molecular formula is C23H24N2. The molecule has 0 aliphatic rings. The Kier molecular flexibility index (Phi) is 5.72. The summed E-state index contributed by atoms with van der Waals surface area (Å²) in [6.07, 6.45) is 9.03. The van der Waals surface area contributed by atoms with Gasteiger partial charge in [0.2, 0.25) is 0 Å². The molecule has 0 amide bonds. The number of nitrogens with one attached hydrogen (secondary N) is 1. The van der Waals surface area contributed by atoms with E-state index < -0.39 is 0 Å². The molecule has 25 heavy (non-hydrogen) atoms. The molecule has 2 heteroatoms. The molecule has 1 heterocycles. The van der Waals surface area contributed by atoms with E-state index in [4.69, 9.17) is 6.42 Å². The van der Waals surface area contributed by atoms with Crippen LogP contribution in [0.1, 0.15) is 23.2 Å². The number of rotatable bonds is 8. The molecule has 3 rings (SSSR count). The van der Waals surface area contributed by atoms with Crippen molar-refractivity contribution in [2.24, 2.45) is 0 Å². The van der Waals surface area contributed by atoms with Crippen molar-refractivity contribution in [3.05, 3.63) is 78.0 Å². The van der Waals surface area contributed by atoms with E-state index in [1.54, 1.807) is 0 Å². The number of nitrogens with zero attached hydrogens (tertiary/aromatic N) is 1. The number of para-hydroxylation sites is 1. The summed E-state index contributed by atoms with van der Waals surface area (Å²) in [6, 6.07) is 19.2. The van der Waals surface area contributed by atoms with Crippen LogP contribution in [-0.2, 0) is 13.0 Å². The molecule has 2 nitrogen and oxygen atoms in total. The molecule has 1 N–H and O–H groups in total. The number of aromatic nitrogens is 1.